The zero-order valence-corrected chi connectivity index (χ0v) is 12.9. The van der Waals surface area contributed by atoms with Gasteiger partial charge in [0.15, 0.2) is 0 Å². The Morgan fingerprint density at radius 2 is 2.20 bits per heavy atom. The summed E-state index contributed by atoms with van der Waals surface area (Å²) in [5.41, 5.74) is -0.0621. The Balaban J connectivity index is 2.15. The molecule has 0 saturated carbocycles. The Labute approximate surface area is 122 Å². The molecule has 20 heavy (non-hydrogen) atoms. The first kappa shape index (κ1) is 15.0. The van der Waals surface area contributed by atoms with E-state index in [2.05, 4.69) is 11.9 Å². The number of carbonyl (C=O) groups is 2. The lowest BCUT2D eigenvalue weighted by molar-refractivity contribution is -0.147. The summed E-state index contributed by atoms with van der Waals surface area (Å²) in [6, 6.07) is 0. The van der Waals surface area contributed by atoms with Gasteiger partial charge in [-0.05, 0) is 33.1 Å². The number of carboxylic acids is 1. The summed E-state index contributed by atoms with van der Waals surface area (Å²) in [5.74, 6) is -0.909. The zero-order chi connectivity index (χ0) is 14.9. The minimum Gasteiger partial charge on any atom is -0.481 e. The lowest BCUT2D eigenvalue weighted by atomic mass is 9.90. The summed E-state index contributed by atoms with van der Waals surface area (Å²) in [6.45, 7) is 6.40. The highest BCUT2D eigenvalue weighted by Crippen LogP contribution is 2.32. The molecule has 1 atom stereocenters. The molecule has 1 aliphatic rings. The average molecular weight is 296 g/mol. The first-order valence-electron chi connectivity index (χ1n) is 6.86. The SMILES string of the molecule is CCCc1nc(C)c(C(=O)N2CCC(C)(C(=O)O)C2)s1. The van der Waals surface area contributed by atoms with Crippen LogP contribution in [0, 0.1) is 12.3 Å². The van der Waals surface area contributed by atoms with E-state index in [1.807, 2.05) is 6.92 Å². The highest BCUT2D eigenvalue weighted by Gasteiger charge is 2.42. The third kappa shape index (κ3) is 2.70. The molecule has 1 aliphatic heterocycles. The van der Waals surface area contributed by atoms with Crippen molar-refractivity contribution >= 4 is 23.2 Å². The molecule has 1 unspecified atom stereocenters. The molecule has 1 aromatic heterocycles. The van der Waals surface area contributed by atoms with E-state index in [1.165, 1.54) is 11.3 Å². The number of hydrogen-bond acceptors (Lipinski definition) is 4. The number of carbonyl (C=O) groups excluding carboxylic acids is 1. The molecule has 0 radical (unpaired) electrons. The van der Waals surface area contributed by atoms with Gasteiger partial charge in [0, 0.05) is 13.1 Å². The minimum atomic E-state index is -0.833. The van der Waals surface area contributed by atoms with E-state index >= 15 is 0 Å². The molecule has 1 aromatic rings. The maximum absolute atomic E-state index is 12.5. The Morgan fingerprint density at radius 3 is 2.75 bits per heavy atom. The maximum Gasteiger partial charge on any atom is 0.311 e. The number of amides is 1. The molecule has 2 rings (SSSR count). The van der Waals surface area contributed by atoms with Gasteiger partial charge in [0.2, 0.25) is 0 Å². The predicted molar refractivity (Wildman–Crippen MR) is 77.1 cm³/mol. The third-order valence-corrected chi connectivity index (χ3v) is 4.98. The Kier molecular flexibility index (Phi) is 4.13. The highest BCUT2D eigenvalue weighted by atomic mass is 32.1. The van der Waals surface area contributed by atoms with E-state index in [1.54, 1.807) is 11.8 Å². The Hall–Kier alpha value is -1.43. The number of aryl methyl sites for hydroxylation is 2. The zero-order valence-electron chi connectivity index (χ0n) is 12.1. The van der Waals surface area contributed by atoms with E-state index in [0.717, 1.165) is 23.5 Å². The van der Waals surface area contributed by atoms with E-state index in [4.69, 9.17) is 0 Å². The van der Waals surface area contributed by atoms with Gasteiger partial charge in [0.05, 0.1) is 16.1 Å². The fraction of sp³-hybridized carbons (Fsp3) is 0.643. The number of hydrogen-bond donors (Lipinski definition) is 1. The van der Waals surface area contributed by atoms with Crippen LogP contribution in [0.2, 0.25) is 0 Å². The van der Waals surface area contributed by atoms with Crippen LogP contribution in [0.3, 0.4) is 0 Å². The topological polar surface area (TPSA) is 70.5 Å². The van der Waals surface area contributed by atoms with Crippen LogP contribution in [0.4, 0.5) is 0 Å². The molecule has 1 saturated heterocycles. The second-order valence-corrected chi connectivity index (χ2v) is 6.70. The lowest BCUT2D eigenvalue weighted by Gasteiger charge is -2.19. The molecule has 2 heterocycles. The van der Waals surface area contributed by atoms with Crippen molar-refractivity contribution in [3.63, 3.8) is 0 Å². The van der Waals surface area contributed by atoms with Gasteiger partial charge in [-0.2, -0.15) is 0 Å². The van der Waals surface area contributed by atoms with Crippen molar-refractivity contribution in [2.75, 3.05) is 13.1 Å². The van der Waals surface area contributed by atoms with E-state index < -0.39 is 11.4 Å². The van der Waals surface area contributed by atoms with Crippen molar-refractivity contribution < 1.29 is 14.7 Å². The van der Waals surface area contributed by atoms with Gasteiger partial charge in [-0.1, -0.05) is 6.92 Å². The van der Waals surface area contributed by atoms with E-state index in [9.17, 15) is 14.7 Å². The van der Waals surface area contributed by atoms with Crippen molar-refractivity contribution in [1.82, 2.24) is 9.88 Å². The van der Waals surface area contributed by atoms with Crippen molar-refractivity contribution in [3.05, 3.63) is 15.6 Å². The summed E-state index contributed by atoms with van der Waals surface area (Å²) in [4.78, 5) is 30.5. The molecule has 110 valence electrons. The first-order valence-corrected chi connectivity index (χ1v) is 7.68. The number of thiazole rings is 1. The molecule has 0 aliphatic carbocycles. The maximum atomic E-state index is 12.5. The first-order chi connectivity index (χ1) is 9.37. The van der Waals surface area contributed by atoms with E-state index in [-0.39, 0.29) is 12.5 Å². The molecule has 0 spiro atoms. The van der Waals surface area contributed by atoms with Gasteiger partial charge in [-0.25, -0.2) is 4.98 Å². The van der Waals surface area contributed by atoms with Gasteiger partial charge in [0.25, 0.3) is 5.91 Å². The molecule has 0 bridgehead atoms. The van der Waals surface area contributed by atoms with Crippen LogP contribution in [-0.2, 0) is 11.2 Å². The summed E-state index contributed by atoms with van der Waals surface area (Å²) in [6.07, 6.45) is 2.39. The van der Waals surface area contributed by atoms with Gasteiger partial charge < -0.3 is 10.0 Å². The second kappa shape index (κ2) is 5.52. The minimum absolute atomic E-state index is 0.0765. The van der Waals surface area contributed by atoms with Crippen LogP contribution >= 0.6 is 11.3 Å². The fourth-order valence-corrected chi connectivity index (χ4v) is 3.56. The van der Waals surface area contributed by atoms with Gasteiger partial charge in [-0.3, -0.25) is 9.59 Å². The number of aromatic nitrogens is 1. The molecule has 1 N–H and O–H groups in total. The molecule has 0 aromatic carbocycles. The number of carboxylic acid groups (broad SMARTS) is 1. The van der Waals surface area contributed by atoms with Crippen LogP contribution in [0.15, 0.2) is 0 Å². The van der Waals surface area contributed by atoms with Gasteiger partial charge in [-0.15, -0.1) is 11.3 Å². The second-order valence-electron chi connectivity index (χ2n) is 5.61. The van der Waals surface area contributed by atoms with Gasteiger partial charge in [0.1, 0.15) is 4.88 Å². The standard InChI is InChI=1S/C14H20N2O3S/c1-4-5-10-15-9(2)11(20-10)12(17)16-7-6-14(3,8-16)13(18)19/h4-8H2,1-3H3,(H,18,19). The summed E-state index contributed by atoms with van der Waals surface area (Å²) in [7, 11) is 0. The number of nitrogens with zero attached hydrogens (tertiary/aromatic N) is 2. The molecule has 1 fully saturated rings. The third-order valence-electron chi connectivity index (χ3n) is 3.78. The van der Waals surface area contributed by atoms with E-state index in [0.29, 0.717) is 17.8 Å². The van der Waals surface area contributed by atoms with Crippen LogP contribution < -0.4 is 0 Å². The van der Waals surface area contributed by atoms with Crippen LogP contribution in [0.25, 0.3) is 0 Å². The summed E-state index contributed by atoms with van der Waals surface area (Å²) >= 11 is 1.44. The Bertz CT molecular complexity index is 541. The van der Waals surface area contributed by atoms with Crippen molar-refractivity contribution in [3.8, 4) is 0 Å². The predicted octanol–water partition coefficient (Wildman–Crippen LogP) is 2.34. The smallest absolute Gasteiger partial charge is 0.311 e. The fourth-order valence-electron chi connectivity index (χ4n) is 2.42. The number of rotatable bonds is 4. The average Bonchev–Trinajstić information content (AvgIpc) is 2.94. The number of aliphatic carboxylic acids is 1. The Morgan fingerprint density at radius 1 is 1.50 bits per heavy atom. The normalized spacial score (nSPS) is 22.2. The largest absolute Gasteiger partial charge is 0.481 e. The summed E-state index contributed by atoms with van der Waals surface area (Å²) in [5, 5.41) is 10.2. The summed E-state index contributed by atoms with van der Waals surface area (Å²) < 4.78 is 0. The quantitative estimate of drug-likeness (QED) is 0.926. The van der Waals surface area contributed by atoms with Crippen LogP contribution in [-0.4, -0.2) is 40.0 Å². The van der Waals surface area contributed by atoms with Crippen molar-refractivity contribution in [1.29, 1.82) is 0 Å². The van der Waals surface area contributed by atoms with Crippen LogP contribution in [0.1, 0.15) is 47.1 Å². The lowest BCUT2D eigenvalue weighted by Crippen LogP contribution is -2.34. The monoisotopic (exact) mass is 296 g/mol. The molecular formula is C14H20N2O3S. The van der Waals surface area contributed by atoms with Crippen molar-refractivity contribution in [2.45, 2.75) is 40.0 Å². The molecule has 1 amide bonds. The van der Waals surface area contributed by atoms with Gasteiger partial charge >= 0.3 is 5.97 Å². The molecular weight excluding hydrogens is 276 g/mol. The molecule has 5 nitrogen and oxygen atoms in total. The highest BCUT2D eigenvalue weighted by molar-refractivity contribution is 7.13. The van der Waals surface area contributed by atoms with Crippen LogP contribution in [0.5, 0.6) is 0 Å². The number of likely N-dealkylation sites (tertiary alicyclic amines) is 1. The molecule has 6 heteroatoms. The van der Waals surface area contributed by atoms with Crippen molar-refractivity contribution in [2.24, 2.45) is 5.41 Å².